The summed E-state index contributed by atoms with van der Waals surface area (Å²) in [6.45, 7) is 7.56. The van der Waals surface area contributed by atoms with E-state index in [0.29, 0.717) is 11.8 Å². The van der Waals surface area contributed by atoms with E-state index in [9.17, 15) is 9.59 Å². The number of carbonyl (C=O) groups is 2. The van der Waals surface area contributed by atoms with Crippen LogP contribution >= 0.6 is 0 Å². The molecule has 2 bridgehead atoms. The fraction of sp³-hybridized carbons (Fsp3) is 0.833. The summed E-state index contributed by atoms with van der Waals surface area (Å²) in [5.74, 6) is 0.591. The molecule has 3 fully saturated rings. The number of carbonyl (C=O) groups excluding carboxylic acids is 2. The Balaban J connectivity index is 2.16. The molecule has 6 heteroatoms. The highest BCUT2D eigenvalue weighted by Gasteiger charge is 2.49. The zero-order valence-electron chi connectivity index (χ0n) is 11.2. The summed E-state index contributed by atoms with van der Waals surface area (Å²) in [5.41, 5.74) is 3.28. The van der Waals surface area contributed by atoms with Gasteiger partial charge in [-0.1, -0.05) is 0 Å². The van der Waals surface area contributed by atoms with Gasteiger partial charge in [-0.2, -0.15) is 0 Å². The van der Waals surface area contributed by atoms with Crippen molar-refractivity contribution in [3.8, 4) is 0 Å². The number of rotatable bonds is 0. The highest BCUT2D eigenvalue weighted by atomic mass is 16.6. The van der Waals surface area contributed by atoms with Crippen LogP contribution in [0.25, 0.3) is 0 Å². The van der Waals surface area contributed by atoms with E-state index in [1.807, 2.05) is 27.7 Å². The SMILES string of the molecule is CC1(C)OC(=O)NNC(=O)OC(C)(C)C2CC1C2. The number of hydrazine groups is 1. The molecule has 2 heterocycles. The molecule has 2 N–H and O–H groups in total. The molecule has 0 atom stereocenters. The lowest BCUT2D eigenvalue weighted by atomic mass is 9.62. The Labute approximate surface area is 106 Å². The molecule has 1 saturated carbocycles. The summed E-state index contributed by atoms with van der Waals surface area (Å²) in [6, 6.07) is 0. The molecule has 18 heavy (non-hydrogen) atoms. The van der Waals surface area contributed by atoms with Crippen LogP contribution < -0.4 is 10.9 Å². The first-order valence-corrected chi connectivity index (χ1v) is 6.19. The second-order valence-electron chi connectivity index (χ2n) is 6.10. The van der Waals surface area contributed by atoms with Crippen molar-refractivity contribution in [1.29, 1.82) is 0 Å². The smallest absolute Gasteiger partial charge is 0.426 e. The van der Waals surface area contributed by atoms with Crippen LogP contribution in [0.1, 0.15) is 40.5 Å². The molecular weight excluding hydrogens is 236 g/mol. The lowest BCUT2D eigenvalue weighted by Crippen LogP contribution is -2.50. The predicted octanol–water partition coefficient (Wildman–Crippen LogP) is 1.95. The molecule has 1 aliphatic carbocycles. The third-order valence-corrected chi connectivity index (χ3v) is 4.08. The number of hydrogen-bond donors (Lipinski definition) is 2. The minimum atomic E-state index is -0.667. The Morgan fingerprint density at radius 3 is 1.56 bits per heavy atom. The van der Waals surface area contributed by atoms with Crippen molar-refractivity contribution in [3.63, 3.8) is 0 Å². The fourth-order valence-electron chi connectivity index (χ4n) is 2.55. The molecular formula is C12H20N2O4. The zero-order chi connectivity index (χ0) is 13.6. The minimum Gasteiger partial charge on any atom is -0.442 e. The van der Waals surface area contributed by atoms with E-state index in [-0.39, 0.29) is 0 Å². The topological polar surface area (TPSA) is 76.7 Å². The highest BCUT2D eigenvalue weighted by Crippen LogP contribution is 2.48. The van der Waals surface area contributed by atoms with Gasteiger partial charge in [0, 0.05) is 0 Å². The van der Waals surface area contributed by atoms with E-state index in [1.165, 1.54) is 0 Å². The van der Waals surface area contributed by atoms with Crippen molar-refractivity contribution >= 4 is 12.2 Å². The maximum atomic E-state index is 11.5. The molecule has 0 aromatic heterocycles. The van der Waals surface area contributed by atoms with Crippen molar-refractivity contribution in [2.45, 2.75) is 51.7 Å². The first kappa shape index (κ1) is 13.0. The van der Waals surface area contributed by atoms with E-state index in [0.717, 1.165) is 12.8 Å². The monoisotopic (exact) mass is 256 g/mol. The number of nitrogens with one attached hydrogen (secondary N) is 2. The normalized spacial score (nSPS) is 33.8. The van der Waals surface area contributed by atoms with Gasteiger partial charge in [0.05, 0.1) is 0 Å². The quantitative estimate of drug-likeness (QED) is 0.694. The molecule has 0 spiro atoms. The molecule has 2 saturated heterocycles. The van der Waals surface area contributed by atoms with Crippen molar-refractivity contribution in [3.05, 3.63) is 0 Å². The lowest BCUT2D eigenvalue weighted by molar-refractivity contribution is -0.104. The van der Waals surface area contributed by atoms with Gasteiger partial charge in [-0.05, 0) is 52.4 Å². The molecule has 0 aromatic rings. The van der Waals surface area contributed by atoms with Crippen LogP contribution in [0.2, 0.25) is 0 Å². The Bertz CT molecular complexity index is 338. The van der Waals surface area contributed by atoms with Crippen molar-refractivity contribution in [2.75, 3.05) is 0 Å². The average molecular weight is 256 g/mol. The van der Waals surface area contributed by atoms with Crippen molar-refractivity contribution in [1.82, 2.24) is 10.9 Å². The number of ether oxygens (including phenoxy) is 2. The Morgan fingerprint density at radius 2 is 1.22 bits per heavy atom. The summed E-state index contributed by atoms with van der Waals surface area (Å²) in [4.78, 5) is 23.0. The maximum absolute atomic E-state index is 11.5. The van der Waals surface area contributed by atoms with E-state index < -0.39 is 23.4 Å². The third-order valence-electron chi connectivity index (χ3n) is 4.08. The second kappa shape index (κ2) is 4.03. The molecule has 0 unspecified atom stereocenters. The van der Waals surface area contributed by atoms with Gasteiger partial charge in [0.2, 0.25) is 0 Å². The van der Waals surface area contributed by atoms with E-state index in [1.54, 1.807) is 0 Å². The molecule has 0 radical (unpaired) electrons. The van der Waals surface area contributed by atoms with Gasteiger partial charge >= 0.3 is 12.2 Å². The number of amides is 2. The highest BCUT2D eigenvalue weighted by molar-refractivity contribution is 5.74. The second-order valence-corrected chi connectivity index (χ2v) is 6.10. The van der Waals surface area contributed by atoms with Gasteiger partial charge in [0.15, 0.2) is 0 Å². The summed E-state index contributed by atoms with van der Waals surface area (Å²) in [5, 5.41) is 0. The van der Waals surface area contributed by atoms with Crippen LogP contribution in [0.15, 0.2) is 0 Å². The largest absolute Gasteiger partial charge is 0.442 e. The molecule has 6 nitrogen and oxygen atoms in total. The van der Waals surface area contributed by atoms with Crippen LogP contribution in [0.5, 0.6) is 0 Å². The fourth-order valence-corrected chi connectivity index (χ4v) is 2.55. The van der Waals surface area contributed by atoms with Gasteiger partial charge < -0.3 is 9.47 Å². The predicted molar refractivity (Wildman–Crippen MR) is 63.6 cm³/mol. The average Bonchev–Trinajstić information content (AvgIpc) is 2.09. The van der Waals surface area contributed by atoms with Gasteiger partial charge in [-0.3, -0.25) is 0 Å². The molecule has 3 aliphatic rings. The zero-order valence-corrected chi connectivity index (χ0v) is 11.2. The van der Waals surface area contributed by atoms with Crippen LogP contribution in [0, 0.1) is 11.8 Å². The molecule has 3 rings (SSSR count). The van der Waals surface area contributed by atoms with E-state index >= 15 is 0 Å². The van der Waals surface area contributed by atoms with Gasteiger partial charge in [0.1, 0.15) is 11.2 Å². The van der Waals surface area contributed by atoms with Crippen molar-refractivity contribution in [2.24, 2.45) is 11.8 Å². The lowest BCUT2D eigenvalue weighted by Gasteiger charge is -2.49. The number of hydrogen-bond acceptors (Lipinski definition) is 4. The standard InChI is InChI=1S/C12H20N2O4/c1-11(2)7-5-8(6-7)12(3,4)18-10(16)14-13-9(15)17-11/h7-8H,5-6H2,1-4H3,(H,13,15)(H,14,16). The first-order chi connectivity index (χ1) is 8.21. The van der Waals surface area contributed by atoms with E-state index in [4.69, 9.17) is 9.47 Å². The van der Waals surface area contributed by atoms with Gasteiger partial charge in [0.25, 0.3) is 0 Å². The molecule has 2 aliphatic heterocycles. The summed E-state index contributed by atoms with van der Waals surface area (Å²) in [7, 11) is 0. The Kier molecular flexibility index (Phi) is 2.91. The Hall–Kier alpha value is -1.46. The first-order valence-electron chi connectivity index (χ1n) is 6.19. The van der Waals surface area contributed by atoms with Gasteiger partial charge in [-0.25, -0.2) is 20.4 Å². The van der Waals surface area contributed by atoms with Crippen LogP contribution in [-0.2, 0) is 9.47 Å². The minimum absolute atomic E-state index is 0.296. The molecule has 2 amide bonds. The van der Waals surface area contributed by atoms with Crippen LogP contribution in [0.3, 0.4) is 0 Å². The molecule has 102 valence electrons. The summed E-state index contributed by atoms with van der Waals surface area (Å²) in [6.07, 6.45) is 0.446. The van der Waals surface area contributed by atoms with Crippen molar-refractivity contribution < 1.29 is 19.1 Å². The van der Waals surface area contributed by atoms with E-state index in [2.05, 4.69) is 10.9 Å². The van der Waals surface area contributed by atoms with Gasteiger partial charge in [-0.15, -0.1) is 0 Å². The number of fused-ring (bicyclic) bond motifs is 7. The third kappa shape index (κ3) is 2.37. The van der Waals surface area contributed by atoms with Crippen LogP contribution in [-0.4, -0.2) is 23.4 Å². The summed E-state index contributed by atoms with van der Waals surface area (Å²) >= 11 is 0. The molecule has 0 aromatic carbocycles. The Morgan fingerprint density at radius 1 is 0.889 bits per heavy atom. The summed E-state index contributed by atoms with van der Waals surface area (Å²) < 4.78 is 10.6. The van der Waals surface area contributed by atoms with Crippen LogP contribution in [0.4, 0.5) is 9.59 Å². The maximum Gasteiger partial charge on any atom is 0.426 e.